The number of hydrogen-bond donors (Lipinski definition) is 2. The molecule has 83 valence electrons. The fraction of sp³-hybridized carbons (Fsp3) is 0.364. The Morgan fingerprint density at radius 2 is 1.73 bits per heavy atom. The number of hydrogen-bond acceptors (Lipinski definition) is 2. The Morgan fingerprint density at radius 1 is 1.20 bits per heavy atom. The zero-order valence-corrected chi connectivity index (χ0v) is 12.0. The smallest absolute Gasteiger partial charge is 0.157 e. The summed E-state index contributed by atoms with van der Waals surface area (Å²) < 4.78 is 0. The molecular weight excluding hydrogens is 267 g/mol. The van der Waals surface area contributed by atoms with E-state index in [-0.39, 0.29) is 44.2 Å². The second-order valence-electron chi connectivity index (χ2n) is 2.90. The van der Waals surface area contributed by atoms with Crippen LogP contribution < -0.4 is 0 Å². The van der Waals surface area contributed by atoms with Crippen LogP contribution >= 0.6 is 0 Å². The summed E-state index contributed by atoms with van der Waals surface area (Å²) in [7, 11) is 0. The monoisotopic (exact) mass is 284 g/mol. The summed E-state index contributed by atoms with van der Waals surface area (Å²) >= 11 is 0. The fourth-order valence-corrected chi connectivity index (χ4v) is 0.869. The maximum absolute atomic E-state index is 9.02. The molecule has 4 heteroatoms. The molecule has 1 aromatic carbocycles. The van der Waals surface area contributed by atoms with E-state index in [2.05, 4.69) is 0 Å². The van der Waals surface area contributed by atoms with Crippen LogP contribution in [0, 0.1) is 6.42 Å². The van der Waals surface area contributed by atoms with E-state index in [0.29, 0.717) is 13.0 Å². The van der Waals surface area contributed by atoms with Crippen LogP contribution in [0.4, 0.5) is 0 Å². The summed E-state index contributed by atoms with van der Waals surface area (Å²) in [5.74, 6) is -0.227. The minimum absolute atomic E-state index is 0. The molecule has 0 bridgehead atoms. The third-order valence-corrected chi connectivity index (χ3v) is 1.45. The Labute approximate surface area is 117 Å². The first-order chi connectivity index (χ1) is 6.65. The molecule has 0 atom stereocenters. The third kappa shape index (κ3) is 7.77. The van der Waals surface area contributed by atoms with Crippen molar-refractivity contribution >= 4 is 0 Å². The van der Waals surface area contributed by atoms with Crippen molar-refractivity contribution in [1.82, 2.24) is 0 Å². The van der Waals surface area contributed by atoms with Gasteiger partial charge in [-0.05, 0) is 24.1 Å². The van der Waals surface area contributed by atoms with Gasteiger partial charge in [0.05, 0.1) is 0 Å². The average Bonchev–Trinajstić information content (AvgIpc) is 2.13. The molecule has 3 nitrogen and oxygen atoms in total. The van der Waals surface area contributed by atoms with E-state index in [1.165, 1.54) is 12.1 Å². The zero-order chi connectivity index (χ0) is 11.0. The molecule has 1 radical (unpaired) electrons. The number of aromatic hydroxyl groups is 2. The normalized spacial score (nSPS) is 8.47. The van der Waals surface area contributed by atoms with Gasteiger partial charge in [-0.2, -0.15) is 13.8 Å². The van der Waals surface area contributed by atoms with Crippen LogP contribution in [0.25, 0.3) is 5.73 Å². The summed E-state index contributed by atoms with van der Waals surface area (Å²) in [5, 5.41) is 17.9. The molecule has 0 heterocycles. The number of nitrogens with one attached hydrogen (secondary N) is 1. The number of benzene rings is 1. The van der Waals surface area contributed by atoms with Gasteiger partial charge in [-0.25, -0.2) is 0 Å². The van der Waals surface area contributed by atoms with Gasteiger partial charge in [0.25, 0.3) is 0 Å². The van der Waals surface area contributed by atoms with Gasteiger partial charge in [0.1, 0.15) is 0 Å². The van der Waals surface area contributed by atoms with Crippen molar-refractivity contribution in [3.8, 4) is 11.5 Å². The summed E-state index contributed by atoms with van der Waals surface area (Å²) in [4.78, 5) is 0. The van der Waals surface area contributed by atoms with E-state index in [0.717, 1.165) is 5.56 Å². The minimum Gasteiger partial charge on any atom is -0.677 e. The first kappa shape index (κ1) is 17.3. The Bertz CT molecular complexity index is 267. The average molecular weight is 284 g/mol. The molecular formula is C11H17NO2Y-2. The largest absolute Gasteiger partial charge is 0.677 e. The molecule has 0 saturated heterocycles. The molecule has 0 spiro atoms. The zero-order valence-electron chi connectivity index (χ0n) is 9.20. The van der Waals surface area contributed by atoms with Crippen molar-refractivity contribution in [3.63, 3.8) is 0 Å². The second kappa shape index (κ2) is 10.4. The molecule has 0 fully saturated rings. The first-order valence-electron chi connectivity index (χ1n) is 4.55. The molecule has 0 amide bonds. The molecule has 0 aliphatic heterocycles. The SMILES string of the molecule is C[CH-]C.[NH-]CCc1ccc(O)c(O)c1.[Y]. The Hall–Kier alpha value is -0.116. The van der Waals surface area contributed by atoms with E-state index in [1.807, 2.05) is 20.3 Å². The molecule has 0 saturated carbocycles. The quantitative estimate of drug-likeness (QED) is 0.648. The van der Waals surface area contributed by atoms with Crippen LogP contribution in [0.1, 0.15) is 19.4 Å². The Morgan fingerprint density at radius 3 is 2.13 bits per heavy atom. The Balaban J connectivity index is 0. The van der Waals surface area contributed by atoms with Crippen LogP contribution in [-0.4, -0.2) is 16.8 Å². The first-order valence-corrected chi connectivity index (χ1v) is 4.55. The summed E-state index contributed by atoms with van der Waals surface area (Å²) in [6.07, 6.45) is 2.60. The molecule has 0 aliphatic rings. The fourth-order valence-electron chi connectivity index (χ4n) is 0.869. The third-order valence-electron chi connectivity index (χ3n) is 1.45. The summed E-state index contributed by atoms with van der Waals surface area (Å²) in [6.45, 7) is 4.30. The van der Waals surface area contributed by atoms with Crippen LogP contribution in [0.15, 0.2) is 18.2 Å². The molecule has 15 heavy (non-hydrogen) atoms. The molecule has 3 N–H and O–H groups in total. The van der Waals surface area contributed by atoms with Gasteiger partial charge < -0.3 is 22.4 Å². The van der Waals surface area contributed by atoms with Crippen LogP contribution in [-0.2, 0) is 39.1 Å². The van der Waals surface area contributed by atoms with Crippen molar-refractivity contribution in [2.45, 2.75) is 20.3 Å². The van der Waals surface area contributed by atoms with Crippen LogP contribution in [0.2, 0.25) is 0 Å². The van der Waals surface area contributed by atoms with Gasteiger partial charge in [0, 0.05) is 32.7 Å². The van der Waals surface area contributed by atoms with Crippen molar-refractivity contribution in [2.24, 2.45) is 0 Å². The van der Waals surface area contributed by atoms with Gasteiger partial charge in [0.15, 0.2) is 11.5 Å². The summed E-state index contributed by atoms with van der Waals surface area (Å²) in [6, 6.07) is 4.60. The topological polar surface area (TPSA) is 64.3 Å². The predicted octanol–water partition coefficient (Wildman–Crippen LogP) is 2.92. The molecule has 0 aliphatic carbocycles. The van der Waals surface area contributed by atoms with Gasteiger partial charge in [-0.15, -0.1) is 6.54 Å². The number of rotatable bonds is 2. The second-order valence-corrected chi connectivity index (χ2v) is 2.90. The predicted molar refractivity (Wildman–Crippen MR) is 58.3 cm³/mol. The van der Waals surface area contributed by atoms with Crippen molar-refractivity contribution in [1.29, 1.82) is 0 Å². The summed E-state index contributed by atoms with van der Waals surface area (Å²) in [5.41, 5.74) is 7.79. The van der Waals surface area contributed by atoms with E-state index >= 15 is 0 Å². The maximum atomic E-state index is 9.02. The standard InChI is InChI=1S/C8H10NO2.C3H7.Y/c9-4-3-6-1-2-7(10)8(11)5-6;1-3-2;/h1-2,5,9-11H,3-4H2;3H,1-2H3;/q2*-1;. The van der Waals surface area contributed by atoms with Gasteiger partial charge in [-0.3, -0.25) is 0 Å². The molecule has 1 aromatic rings. The van der Waals surface area contributed by atoms with Crippen molar-refractivity contribution in [3.05, 3.63) is 35.9 Å². The van der Waals surface area contributed by atoms with Crippen LogP contribution in [0.3, 0.4) is 0 Å². The van der Waals surface area contributed by atoms with E-state index in [4.69, 9.17) is 15.9 Å². The maximum Gasteiger partial charge on any atom is 0.157 e. The van der Waals surface area contributed by atoms with Crippen molar-refractivity contribution in [2.75, 3.05) is 6.54 Å². The minimum atomic E-state index is -0.115. The van der Waals surface area contributed by atoms with Gasteiger partial charge in [0.2, 0.25) is 0 Å². The van der Waals surface area contributed by atoms with Gasteiger partial charge >= 0.3 is 0 Å². The van der Waals surface area contributed by atoms with Crippen LogP contribution in [0.5, 0.6) is 11.5 Å². The molecule has 1 rings (SSSR count). The Kier molecular flexibility index (Phi) is 12.0. The number of phenolic OH excluding ortho intramolecular Hbond substituents is 2. The van der Waals surface area contributed by atoms with E-state index in [1.54, 1.807) is 6.07 Å². The van der Waals surface area contributed by atoms with E-state index in [9.17, 15) is 0 Å². The molecule has 0 aromatic heterocycles. The van der Waals surface area contributed by atoms with E-state index < -0.39 is 0 Å². The van der Waals surface area contributed by atoms with Crippen molar-refractivity contribution < 1.29 is 42.9 Å². The molecule has 0 unspecified atom stereocenters. The van der Waals surface area contributed by atoms with Gasteiger partial charge in [-0.1, -0.05) is 6.07 Å². The number of phenols is 2.